The van der Waals surface area contributed by atoms with Crippen LogP contribution in [-0.4, -0.2) is 30.8 Å². The molecule has 0 fully saturated rings. The Hall–Kier alpha value is -1.75. The number of carbonyl (C=O) groups excluding carboxylic acids is 1. The van der Waals surface area contributed by atoms with E-state index in [4.69, 9.17) is 10.8 Å². The molecule has 4 N–H and O–H groups in total. The Morgan fingerprint density at radius 1 is 1.56 bits per heavy atom. The van der Waals surface area contributed by atoms with Crippen LogP contribution in [0.2, 0.25) is 0 Å². The molecule has 0 aliphatic carbocycles. The Bertz CT molecular complexity index is 428. The van der Waals surface area contributed by atoms with Crippen LogP contribution < -0.4 is 11.1 Å². The summed E-state index contributed by atoms with van der Waals surface area (Å²) in [5.41, 5.74) is 8.16. The normalized spacial score (nSPS) is 12.0. The molecule has 0 aromatic heterocycles. The number of anilines is 2. The van der Waals surface area contributed by atoms with E-state index in [1.807, 2.05) is 19.9 Å². The number of esters is 1. The first-order valence-electron chi connectivity index (χ1n) is 5.89. The summed E-state index contributed by atoms with van der Waals surface area (Å²) in [7, 11) is 1.32. The van der Waals surface area contributed by atoms with E-state index in [1.54, 1.807) is 6.07 Å². The smallest absolute Gasteiger partial charge is 0.340 e. The second kappa shape index (κ2) is 6.26. The Balaban J connectivity index is 3.08. The maximum atomic E-state index is 11.6. The van der Waals surface area contributed by atoms with Gasteiger partial charge in [-0.25, -0.2) is 4.79 Å². The number of ether oxygens (including phenoxy) is 1. The number of hydrogen-bond acceptors (Lipinski definition) is 5. The van der Waals surface area contributed by atoms with Crippen molar-refractivity contribution in [3.05, 3.63) is 23.3 Å². The highest BCUT2D eigenvalue weighted by atomic mass is 16.5. The molecule has 0 aliphatic rings. The summed E-state index contributed by atoms with van der Waals surface area (Å²) >= 11 is 0. The van der Waals surface area contributed by atoms with Crippen LogP contribution in [0.4, 0.5) is 11.4 Å². The molecule has 0 saturated carbocycles. The number of rotatable bonds is 5. The highest BCUT2D eigenvalue weighted by Gasteiger charge is 2.14. The first kappa shape index (κ1) is 14.3. The molecule has 1 unspecified atom stereocenters. The van der Waals surface area contributed by atoms with Gasteiger partial charge >= 0.3 is 5.97 Å². The van der Waals surface area contributed by atoms with Crippen molar-refractivity contribution >= 4 is 17.3 Å². The van der Waals surface area contributed by atoms with Crippen LogP contribution in [0.5, 0.6) is 0 Å². The molecule has 5 heteroatoms. The molecule has 5 nitrogen and oxygen atoms in total. The highest BCUT2D eigenvalue weighted by Crippen LogP contribution is 2.24. The Morgan fingerprint density at radius 2 is 2.22 bits per heavy atom. The molecule has 18 heavy (non-hydrogen) atoms. The van der Waals surface area contributed by atoms with Gasteiger partial charge in [0.2, 0.25) is 0 Å². The molecule has 0 radical (unpaired) electrons. The van der Waals surface area contributed by atoms with Crippen molar-refractivity contribution in [2.75, 3.05) is 24.8 Å². The van der Waals surface area contributed by atoms with Crippen LogP contribution >= 0.6 is 0 Å². The van der Waals surface area contributed by atoms with E-state index in [-0.39, 0.29) is 12.6 Å². The lowest BCUT2D eigenvalue weighted by molar-refractivity contribution is 0.0602. The van der Waals surface area contributed by atoms with Crippen molar-refractivity contribution in [1.29, 1.82) is 0 Å². The average Bonchev–Trinajstić information content (AvgIpc) is 2.38. The number of aliphatic hydroxyl groups excluding tert-OH is 1. The molecule has 1 rings (SSSR count). The van der Waals surface area contributed by atoms with E-state index in [0.717, 1.165) is 17.7 Å². The zero-order chi connectivity index (χ0) is 13.7. The Labute approximate surface area is 107 Å². The fourth-order valence-electron chi connectivity index (χ4n) is 1.67. The first-order valence-corrected chi connectivity index (χ1v) is 5.89. The van der Waals surface area contributed by atoms with Crippen LogP contribution in [0.15, 0.2) is 12.1 Å². The molecular formula is C13H20N2O3. The van der Waals surface area contributed by atoms with Gasteiger partial charge in [-0.3, -0.25) is 0 Å². The molecule has 0 spiro atoms. The van der Waals surface area contributed by atoms with Crippen LogP contribution in [0.25, 0.3) is 0 Å². The number of aryl methyl sites for hydroxylation is 1. The predicted molar refractivity (Wildman–Crippen MR) is 71.7 cm³/mol. The molecule has 1 aromatic carbocycles. The third kappa shape index (κ3) is 3.13. The third-order valence-corrected chi connectivity index (χ3v) is 2.88. The van der Waals surface area contributed by atoms with E-state index < -0.39 is 5.97 Å². The van der Waals surface area contributed by atoms with Crippen LogP contribution in [-0.2, 0) is 4.74 Å². The monoisotopic (exact) mass is 252 g/mol. The number of benzene rings is 1. The maximum Gasteiger partial charge on any atom is 0.340 e. The molecule has 0 saturated heterocycles. The summed E-state index contributed by atoms with van der Waals surface area (Å²) in [5.74, 6) is -0.462. The Morgan fingerprint density at radius 3 is 2.72 bits per heavy atom. The number of hydrogen-bond donors (Lipinski definition) is 3. The van der Waals surface area contributed by atoms with Gasteiger partial charge in [-0.1, -0.05) is 6.92 Å². The summed E-state index contributed by atoms with van der Waals surface area (Å²) in [6.07, 6.45) is 0.785. The lowest BCUT2D eigenvalue weighted by atomic mass is 10.1. The Kier molecular flexibility index (Phi) is 4.97. The zero-order valence-corrected chi connectivity index (χ0v) is 11.0. The van der Waals surface area contributed by atoms with Gasteiger partial charge in [-0.2, -0.15) is 0 Å². The topological polar surface area (TPSA) is 84.6 Å². The first-order chi connectivity index (χ1) is 8.53. The van der Waals surface area contributed by atoms with Crippen molar-refractivity contribution in [3.8, 4) is 0 Å². The van der Waals surface area contributed by atoms with E-state index in [1.165, 1.54) is 7.11 Å². The van der Waals surface area contributed by atoms with Gasteiger partial charge < -0.3 is 20.9 Å². The van der Waals surface area contributed by atoms with Crippen molar-refractivity contribution < 1.29 is 14.6 Å². The van der Waals surface area contributed by atoms with E-state index in [9.17, 15) is 4.79 Å². The molecule has 1 aromatic rings. The second-order valence-corrected chi connectivity index (χ2v) is 4.18. The van der Waals surface area contributed by atoms with Crippen molar-refractivity contribution in [3.63, 3.8) is 0 Å². The van der Waals surface area contributed by atoms with Gasteiger partial charge in [-0.15, -0.1) is 0 Å². The van der Waals surface area contributed by atoms with Gasteiger partial charge in [0.05, 0.1) is 19.3 Å². The van der Waals surface area contributed by atoms with Gasteiger partial charge in [0.1, 0.15) is 0 Å². The molecule has 0 aliphatic heterocycles. The number of nitrogens with two attached hydrogens (primary N) is 1. The summed E-state index contributed by atoms with van der Waals surface area (Å²) in [6.45, 7) is 3.83. The fraction of sp³-hybridized carbons (Fsp3) is 0.462. The van der Waals surface area contributed by atoms with Gasteiger partial charge in [-0.05, 0) is 31.0 Å². The number of carbonyl (C=O) groups is 1. The summed E-state index contributed by atoms with van der Waals surface area (Å²) in [6, 6.07) is 3.45. The van der Waals surface area contributed by atoms with Crippen molar-refractivity contribution in [2.24, 2.45) is 0 Å². The largest absolute Gasteiger partial charge is 0.465 e. The predicted octanol–water partition coefficient (Wildman–Crippen LogP) is 1.55. The lowest BCUT2D eigenvalue weighted by Crippen LogP contribution is -2.23. The summed E-state index contributed by atoms with van der Waals surface area (Å²) in [4.78, 5) is 11.6. The molecule has 0 bridgehead atoms. The minimum atomic E-state index is -0.462. The van der Waals surface area contributed by atoms with Crippen LogP contribution in [0.3, 0.4) is 0 Å². The quantitative estimate of drug-likeness (QED) is 0.547. The minimum Gasteiger partial charge on any atom is -0.465 e. The molecule has 0 amide bonds. The van der Waals surface area contributed by atoms with Crippen LogP contribution in [0, 0.1) is 6.92 Å². The van der Waals surface area contributed by atoms with E-state index in [0.29, 0.717) is 11.3 Å². The zero-order valence-electron chi connectivity index (χ0n) is 11.0. The number of nitrogens with one attached hydrogen (secondary N) is 1. The standard InChI is InChI=1S/C13H20N2O3/c1-4-9(7-16)15-10-5-8(2)12(14)11(6-10)13(17)18-3/h5-6,9,15-16H,4,7,14H2,1-3H3. The van der Waals surface area contributed by atoms with E-state index >= 15 is 0 Å². The van der Waals surface area contributed by atoms with E-state index in [2.05, 4.69) is 10.1 Å². The number of methoxy groups -OCH3 is 1. The third-order valence-electron chi connectivity index (χ3n) is 2.88. The van der Waals surface area contributed by atoms with Crippen LogP contribution in [0.1, 0.15) is 29.3 Å². The van der Waals surface area contributed by atoms with Gasteiger partial charge in [0.25, 0.3) is 0 Å². The minimum absolute atomic E-state index is 0.0352. The average molecular weight is 252 g/mol. The molecule has 0 heterocycles. The maximum absolute atomic E-state index is 11.6. The molecule has 100 valence electrons. The van der Waals surface area contributed by atoms with Gasteiger partial charge in [0, 0.05) is 17.4 Å². The van der Waals surface area contributed by atoms with Crippen molar-refractivity contribution in [2.45, 2.75) is 26.3 Å². The van der Waals surface area contributed by atoms with Crippen molar-refractivity contribution in [1.82, 2.24) is 0 Å². The second-order valence-electron chi connectivity index (χ2n) is 4.18. The highest BCUT2D eigenvalue weighted by molar-refractivity contribution is 5.97. The summed E-state index contributed by atoms with van der Waals surface area (Å²) in [5, 5.41) is 12.3. The van der Waals surface area contributed by atoms with Gasteiger partial charge in [0.15, 0.2) is 0 Å². The molecule has 1 atom stereocenters. The SMILES string of the molecule is CCC(CO)Nc1cc(C)c(N)c(C(=O)OC)c1. The lowest BCUT2D eigenvalue weighted by Gasteiger charge is -2.17. The number of aliphatic hydroxyl groups is 1. The fourth-order valence-corrected chi connectivity index (χ4v) is 1.67. The molecular weight excluding hydrogens is 232 g/mol. The number of nitrogen functional groups attached to an aromatic ring is 1. The summed E-state index contributed by atoms with van der Waals surface area (Å²) < 4.78 is 4.69.